The zero-order chi connectivity index (χ0) is 15.0. The summed E-state index contributed by atoms with van der Waals surface area (Å²) in [5.41, 5.74) is 1.09. The Kier molecular flexibility index (Phi) is 3.81. The lowest BCUT2D eigenvalue weighted by Crippen LogP contribution is -2.36. The van der Waals surface area contributed by atoms with E-state index in [4.69, 9.17) is 0 Å². The Morgan fingerprint density at radius 1 is 1.19 bits per heavy atom. The summed E-state index contributed by atoms with van der Waals surface area (Å²) in [6, 6.07) is 7.68. The summed E-state index contributed by atoms with van der Waals surface area (Å²) in [5.74, 6) is 0.552. The SMILES string of the molecule is CC(C1CC1)N(C)CCCN1C(=O)c2ccccc2C1=O. The Morgan fingerprint density at radius 2 is 1.76 bits per heavy atom. The molecule has 4 heteroatoms. The van der Waals surface area contributed by atoms with Crippen LogP contribution in [0, 0.1) is 5.92 Å². The van der Waals surface area contributed by atoms with Crippen molar-refractivity contribution in [2.45, 2.75) is 32.2 Å². The smallest absolute Gasteiger partial charge is 0.261 e. The summed E-state index contributed by atoms with van der Waals surface area (Å²) in [6.07, 6.45) is 3.51. The molecule has 21 heavy (non-hydrogen) atoms. The van der Waals surface area contributed by atoms with Gasteiger partial charge in [0, 0.05) is 12.6 Å². The van der Waals surface area contributed by atoms with Crippen molar-refractivity contribution in [3.63, 3.8) is 0 Å². The van der Waals surface area contributed by atoms with E-state index in [-0.39, 0.29) is 11.8 Å². The number of amides is 2. The van der Waals surface area contributed by atoms with Crippen LogP contribution in [0.4, 0.5) is 0 Å². The Hall–Kier alpha value is -1.68. The van der Waals surface area contributed by atoms with Crippen LogP contribution in [0.25, 0.3) is 0 Å². The number of carbonyl (C=O) groups excluding carboxylic acids is 2. The van der Waals surface area contributed by atoms with Crippen LogP contribution in [-0.2, 0) is 0 Å². The molecule has 1 aromatic rings. The van der Waals surface area contributed by atoms with E-state index in [0.717, 1.165) is 18.9 Å². The quantitative estimate of drug-likeness (QED) is 0.754. The van der Waals surface area contributed by atoms with Gasteiger partial charge in [-0.2, -0.15) is 0 Å². The van der Waals surface area contributed by atoms with Gasteiger partial charge in [0.15, 0.2) is 0 Å². The highest BCUT2D eigenvalue weighted by Crippen LogP contribution is 2.34. The predicted molar refractivity (Wildman–Crippen MR) is 81.2 cm³/mol. The third kappa shape index (κ3) is 2.72. The summed E-state index contributed by atoms with van der Waals surface area (Å²) in [7, 11) is 2.13. The largest absolute Gasteiger partial charge is 0.303 e. The van der Waals surface area contributed by atoms with Gasteiger partial charge in [0.05, 0.1) is 11.1 Å². The van der Waals surface area contributed by atoms with Crippen LogP contribution in [-0.4, -0.2) is 47.8 Å². The van der Waals surface area contributed by atoms with Crippen molar-refractivity contribution < 1.29 is 9.59 Å². The summed E-state index contributed by atoms with van der Waals surface area (Å²) in [5, 5.41) is 0. The molecule has 1 atom stereocenters. The van der Waals surface area contributed by atoms with Crippen molar-refractivity contribution in [3.8, 4) is 0 Å². The second kappa shape index (κ2) is 5.60. The number of benzene rings is 1. The van der Waals surface area contributed by atoms with Gasteiger partial charge in [0.1, 0.15) is 0 Å². The Bertz CT molecular complexity index is 531. The normalized spacial score (nSPS) is 19.3. The lowest BCUT2D eigenvalue weighted by Gasteiger charge is -2.25. The molecular weight excluding hydrogens is 264 g/mol. The molecule has 1 aromatic carbocycles. The fourth-order valence-electron chi connectivity index (χ4n) is 3.06. The van der Waals surface area contributed by atoms with Crippen molar-refractivity contribution in [2.24, 2.45) is 5.92 Å². The fraction of sp³-hybridized carbons (Fsp3) is 0.529. The van der Waals surface area contributed by atoms with Crippen molar-refractivity contribution in [1.29, 1.82) is 0 Å². The average Bonchev–Trinajstić information content (AvgIpc) is 3.31. The highest BCUT2D eigenvalue weighted by molar-refractivity contribution is 6.21. The van der Waals surface area contributed by atoms with Gasteiger partial charge in [-0.15, -0.1) is 0 Å². The number of nitrogens with zero attached hydrogens (tertiary/aromatic N) is 2. The van der Waals surface area contributed by atoms with E-state index < -0.39 is 0 Å². The van der Waals surface area contributed by atoms with Gasteiger partial charge in [0.2, 0.25) is 0 Å². The lowest BCUT2D eigenvalue weighted by atomic mass is 10.1. The molecule has 1 unspecified atom stereocenters. The van der Waals surface area contributed by atoms with E-state index in [1.165, 1.54) is 17.7 Å². The molecule has 0 radical (unpaired) electrons. The Morgan fingerprint density at radius 3 is 2.29 bits per heavy atom. The van der Waals surface area contributed by atoms with Crippen LogP contribution in [0.1, 0.15) is 46.9 Å². The van der Waals surface area contributed by atoms with Crippen LogP contribution < -0.4 is 0 Å². The second-order valence-corrected chi connectivity index (χ2v) is 6.22. The summed E-state index contributed by atoms with van der Waals surface area (Å²) in [4.78, 5) is 28.2. The van der Waals surface area contributed by atoms with Gasteiger partial charge in [-0.25, -0.2) is 0 Å². The highest BCUT2D eigenvalue weighted by atomic mass is 16.2. The Labute approximate surface area is 125 Å². The van der Waals surface area contributed by atoms with Gasteiger partial charge in [-0.1, -0.05) is 12.1 Å². The number of hydrogen-bond acceptors (Lipinski definition) is 3. The molecular formula is C17H22N2O2. The molecule has 112 valence electrons. The minimum Gasteiger partial charge on any atom is -0.303 e. The first kappa shape index (κ1) is 14.3. The average molecular weight is 286 g/mol. The van der Waals surface area contributed by atoms with Crippen molar-refractivity contribution in [3.05, 3.63) is 35.4 Å². The van der Waals surface area contributed by atoms with E-state index >= 15 is 0 Å². The molecule has 2 amide bonds. The van der Waals surface area contributed by atoms with E-state index in [1.807, 2.05) is 0 Å². The number of imide groups is 1. The van der Waals surface area contributed by atoms with E-state index in [2.05, 4.69) is 18.9 Å². The van der Waals surface area contributed by atoms with Crippen LogP contribution in [0.15, 0.2) is 24.3 Å². The zero-order valence-electron chi connectivity index (χ0n) is 12.7. The van der Waals surface area contributed by atoms with Crippen molar-refractivity contribution >= 4 is 11.8 Å². The summed E-state index contributed by atoms with van der Waals surface area (Å²) in [6.45, 7) is 3.69. The maximum absolute atomic E-state index is 12.2. The molecule has 1 saturated carbocycles. The van der Waals surface area contributed by atoms with E-state index in [0.29, 0.717) is 23.7 Å². The summed E-state index contributed by atoms with van der Waals surface area (Å²) >= 11 is 0. The second-order valence-electron chi connectivity index (χ2n) is 6.22. The van der Waals surface area contributed by atoms with Crippen molar-refractivity contribution in [1.82, 2.24) is 9.80 Å². The van der Waals surface area contributed by atoms with Crippen LogP contribution >= 0.6 is 0 Å². The molecule has 3 rings (SSSR count). The monoisotopic (exact) mass is 286 g/mol. The zero-order valence-corrected chi connectivity index (χ0v) is 12.7. The van der Waals surface area contributed by atoms with Gasteiger partial charge in [-0.3, -0.25) is 14.5 Å². The van der Waals surface area contributed by atoms with Crippen molar-refractivity contribution in [2.75, 3.05) is 20.1 Å². The van der Waals surface area contributed by atoms with Gasteiger partial charge in [-0.05, 0) is 57.8 Å². The number of carbonyl (C=O) groups is 2. The minimum absolute atomic E-state index is 0.145. The topological polar surface area (TPSA) is 40.6 Å². The Balaban J connectivity index is 1.55. The molecule has 4 nitrogen and oxygen atoms in total. The van der Waals surface area contributed by atoms with E-state index in [9.17, 15) is 9.59 Å². The van der Waals surface area contributed by atoms with Crippen LogP contribution in [0.5, 0.6) is 0 Å². The van der Waals surface area contributed by atoms with Gasteiger partial charge in [0.25, 0.3) is 11.8 Å². The van der Waals surface area contributed by atoms with Gasteiger partial charge < -0.3 is 4.90 Å². The molecule has 2 aliphatic rings. The molecule has 0 saturated heterocycles. The van der Waals surface area contributed by atoms with Gasteiger partial charge >= 0.3 is 0 Å². The third-order valence-corrected chi connectivity index (χ3v) is 4.77. The van der Waals surface area contributed by atoms with Crippen LogP contribution in [0.3, 0.4) is 0 Å². The molecule has 1 heterocycles. The first-order chi connectivity index (χ1) is 10.1. The molecule has 1 aliphatic carbocycles. The summed E-state index contributed by atoms with van der Waals surface area (Å²) < 4.78 is 0. The molecule has 1 aliphatic heterocycles. The minimum atomic E-state index is -0.145. The molecule has 0 aromatic heterocycles. The first-order valence-corrected chi connectivity index (χ1v) is 7.75. The maximum Gasteiger partial charge on any atom is 0.261 e. The number of rotatable bonds is 6. The highest BCUT2D eigenvalue weighted by Gasteiger charge is 2.35. The lowest BCUT2D eigenvalue weighted by molar-refractivity contribution is 0.0646. The van der Waals surface area contributed by atoms with E-state index in [1.54, 1.807) is 24.3 Å². The maximum atomic E-state index is 12.2. The predicted octanol–water partition coefficient (Wildman–Crippen LogP) is 2.40. The number of hydrogen-bond donors (Lipinski definition) is 0. The fourth-order valence-corrected chi connectivity index (χ4v) is 3.06. The molecule has 0 spiro atoms. The molecule has 0 bridgehead atoms. The molecule has 0 N–H and O–H groups in total. The first-order valence-electron chi connectivity index (χ1n) is 7.75. The standard InChI is InChI=1S/C17H22N2O2/c1-12(13-8-9-13)18(2)10-5-11-19-16(20)14-6-3-4-7-15(14)17(19)21/h3-4,6-7,12-13H,5,8-11H2,1-2H3. The third-order valence-electron chi connectivity index (χ3n) is 4.77. The van der Waals surface area contributed by atoms with Crippen LogP contribution in [0.2, 0.25) is 0 Å². The molecule has 1 fully saturated rings. The number of fused-ring (bicyclic) bond motifs is 1.